The van der Waals surface area contributed by atoms with Crippen LogP contribution in [0.5, 0.6) is 0 Å². The van der Waals surface area contributed by atoms with Crippen LogP contribution < -0.4 is 0 Å². The van der Waals surface area contributed by atoms with E-state index in [0.29, 0.717) is 0 Å². The molecule has 11 rings (SSSR count). The summed E-state index contributed by atoms with van der Waals surface area (Å²) in [5.41, 5.74) is 14.6. The van der Waals surface area contributed by atoms with Gasteiger partial charge in [-0.25, -0.2) is 14.6 Å². The van der Waals surface area contributed by atoms with Crippen LogP contribution in [0.25, 0.3) is 105 Å². The van der Waals surface area contributed by atoms with Gasteiger partial charge in [0.15, 0.2) is 0 Å². The summed E-state index contributed by atoms with van der Waals surface area (Å²) in [6, 6.07) is 72.6. The Balaban J connectivity index is 1.03. The van der Waals surface area contributed by atoms with Gasteiger partial charge in [-0.15, -0.1) is 0 Å². The molecule has 4 heteroatoms. The summed E-state index contributed by atoms with van der Waals surface area (Å²) < 4.78 is 2.12. The van der Waals surface area contributed by atoms with Gasteiger partial charge >= 0.3 is 0 Å². The highest BCUT2D eigenvalue weighted by atomic mass is 15.3. The van der Waals surface area contributed by atoms with Crippen LogP contribution in [-0.4, -0.2) is 19.7 Å². The number of pyridine rings is 2. The van der Waals surface area contributed by atoms with Crippen molar-refractivity contribution in [2.45, 2.75) is 0 Å². The second-order valence-electron chi connectivity index (χ2n) is 14.5. The predicted octanol–water partition coefficient (Wildman–Crippen LogP) is 13.6. The maximum absolute atomic E-state index is 5.35. The lowest BCUT2D eigenvalue weighted by atomic mass is 9.92. The first-order chi connectivity index (χ1) is 28.2. The highest BCUT2D eigenvalue weighted by Gasteiger charge is 2.21. The SMILES string of the molecule is c1ccc(-c2ccc3ccc4ccc(-c5ccc(-c6ccc7c(c6)cc(-c6ccccc6)c6c(-c8ccccc8)nn(-c8ccccc8)c67)cc5)nc4c3n2)cc1. The van der Waals surface area contributed by atoms with Crippen LogP contribution in [0.15, 0.2) is 206 Å². The van der Waals surface area contributed by atoms with E-state index in [1.165, 1.54) is 0 Å². The highest BCUT2D eigenvalue weighted by Crippen LogP contribution is 2.42. The van der Waals surface area contributed by atoms with Gasteiger partial charge in [0.05, 0.1) is 33.6 Å². The van der Waals surface area contributed by atoms with Crippen molar-refractivity contribution in [3.8, 4) is 61.7 Å². The predicted molar refractivity (Wildman–Crippen MR) is 236 cm³/mol. The van der Waals surface area contributed by atoms with E-state index in [2.05, 4.69) is 193 Å². The average Bonchev–Trinajstić information content (AvgIpc) is 3.70. The third kappa shape index (κ3) is 5.74. The molecule has 8 aromatic carbocycles. The minimum absolute atomic E-state index is 0.909. The molecule has 0 amide bonds. The molecule has 0 atom stereocenters. The Bertz CT molecular complexity index is 3250. The third-order valence-corrected chi connectivity index (χ3v) is 11.0. The normalized spacial score (nSPS) is 11.5. The van der Waals surface area contributed by atoms with E-state index in [9.17, 15) is 0 Å². The third-order valence-electron chi connectivity index (χ3n) is 11.0. The first kappa shape index (κ1) is 32.7. The lowest BCUT2D eigenvalue weighted by Gasteiger charge is -2.13. The van der Waals surface area contributed by atoms with Gasteiger partial charge in [0.1, 0.15) is 5.69 Å². The van der Waals surface area contributed by atoms with Crippen LogP contribution in [0, 0.1) is 0 Å². The lowest BCUT2D eigenvalue weighted by Crippen LogP contribution is -1.97. The van der Waals surface area contributed by atoms with Crippen molar-refractivity contribution >= 4 is 43.5 Å². The molecular weight excluding hydrogens is 693 g/mol. The standard InChI is InChI=1S/C53H34N4/c1-5-13-36(14-6-1)46-34-43-33-42(27-30-45(43)53-49(46)50(39-17-9-3-10-18-39)56-57(53)44-19-11-4-12-20-44)35-21-23-38(24-22-35)48-32-29-41-26-25-40-28-31-47(37-15-7-2-8-16-37)54-51(40)52(41)55-48/h1-34H. The Morgan fingerprint density at radius 2 is 0.842 bits per heavy atom. The zero-order valence-electron chi connectivity index (χ0n) is 30.9. The largest absolute Gasteiger partial charge is 0.245 e. The van der Waals surface area contributed by atoms with E-state index in [1.807, 2.05) is 18.2 Å². The zero-order valence-corrected chi connectivity index (χ0v) is 30.9. The summed E-state index contributed by atoms with van der Waals surface area (Å²) in [6.45, 7) is 0. The van der Waals surface area contributed by atoms with Gasteiger partial charge in [-0.2, -0.15) is 5.10 Å². The fourth-order valence-electron chi connectivity index (χ4n) is 8.16. The molecule has 0 N–H and O–H groups in total. The average molecular weight is 727 g/mol. The van der Waals surface area contributed by atoms with Crippen molar-refractivity contribution in [1.82, 2.24) is 19.7 Å². The Morgan fingerprint density at radius 3 is 1.46 bits per heavy atom. The van der Waals surface area contributed by atoms with Crippen LogP contribution in [0.3, 0.4) is 0 Å². The Morgan fingerprint density at radius 1 is 0.351 bits per heavy atom. The molecule has 266 valence electrons. The summed E-state index contributed by atoms with van der Waals surface area (Å²) in [5, 5.41) is 11.0. The van der Waals surface area contributed by atoms with Gasteiger partial charge in [0.25, 0.3) is 0 Å². The van der Waals surface area contributed by atoms with E-state index in [4.69, 9.17) is 15.1 Å². The molecule has 3 aromatic heterocycles. The summed E-state index contributed by atoms with van der Waals surface area (Å²) in [5.74, 6) is 0. The van der Waals surface area contributed by atoms with E-state index in [1.54, 1.807) is 0 Å². The highest BCUT2D eigenvalue weighted by molar-refractivity contribution is 6.17. The molecule has 0 fully saturated rings. The van der Waals surface area contributed by atoms with Gasteiger partial charge in [0, 0.05) is 38.2 Å². The number of hydrogen-bond acceptors (Lipinski definition) is 3. The molecule has 57 heavy (non-hydrogen) atoms. The number of nitrogens with zero attached hydrogens (tertiary/aromatic N) is 4. The summed E-state index contributed by atoms with van der Waals surface area (Å²) >= 11 is 0. The van der Waals surface area contributed by atoms with Crippen LogP contribution in [0.1, 0.15) is 0 Å². The fourth-order valence-corrected chi connectivity index (χ4v) is 8.16. The van der Waals surface area contributed by atoms with Crippen LogP contribution in [-0.2, 0) is 0 Å². The van der Waals surface area contributed by atoms with Crippen molar-refractivity contribution in [3.63, 3.8) is 0 Å². The Labute approximate surface area is 330 Å². The molecule has 0 saturated heterocycles. The van der Waals surface area contributed by atoms with Crippen LogP contribution in [0.4, 0.5) is 0 Å². The molecule has 0 aliphatic heterocycles. The van der Waals surface area contributed by atoms with Crippen molar-refractivity contribution in [3.05, 3.63) is 206 Å². The molecule has 4 nitrogen and oxygen atoms in total. The van der Waals surface area contributed by atoms with E-state index in [-0.39, 0.29) is 0 Å². The van der Waals surface area contributed by atoms with E-state index in [0.717, 1.165) is 105 Å². The molecule has 0 spiro atoms. The Kier molecular flexibility index (Phi) is 7.78. The topological polar surface area (TPSA) is 43.6 Å². The van der Waals surface area contributed by atoms with E-state index < -0.39 is 0 Å². The number of benzene rings is 8. The molecule has 0 bridgehead atoms. The fraction of sp³-hybridized carbons (Fsp3) is 0. The molecular formula is C53H34N4. The number of rotatable bonds is 6. The monoisotopic (exact) mass is 726 g/mol. The minimum atomic E-state index is 0.909. The van der Waals surface area contributed by atoms with Crippen LogP contribution in [0.2, 0.25) is 0 Å². The second-order valence-corrected chi connectivity index (χ2v) is 14.5. The molecule has 0 aliphatic carbocycles. The van der Waals surface area contributed by atoms with Gasteiger partial charge in [0.2, 0.25) is 0 Å². The lowest BCUT2D eigenvalue weighted by molar-refractivity contribution is 0.918. The quantitative estimate of drug-likeness (QED) is 0.160. The minimum Gasteiger partial charge on any atom is -0.245 e. The molecule has 0 aliphatic rings. The van der Waals surface area contributed by atoms with E-state index >= 15 is 0 Å². The molecule has 0 radical (unpaired) electrons. The van der Waals surface area contributed by atoms with Gasteiger partial charge in [-0.05, 0) is 64.0 Å². The molecule has 0 saturated carbocycles. The maximum atomic E-state index is 5.35. The number of aromatic nitrogens is 4. The molecule has 11 aromatic rings. The number of para-hydroxylation sites is 1. The first-order valence-electron chi connectivity index (χ1n) is 19.3. The van der Waals surface area contributed by atoms with Crippen molar-refractivity contribution in [2.24, 2.45) is 0 Å². The molecule has 0 unspecified atom stereocenters. The van der Waals surface area contributed by atoms with Gasteiger partial charge < -0.3 is 0 Å². The smallest absolute Gasteiger partial charge is 0.101 e. The zero-order chi connectivity index (χ0) is 37.7. The van der Waals surface area contributed by atoms with Crippen molar-refractivity contribution in [2.75, 3.05) is 0 Å². The van der Waals surface area contributed by atoms with Crippen molar-refractivity contribution < 1.29 is 0 Å². The second kappa shape index (κ2) is 13.6. The maximum Gasteiger partial charge on any atom is 0.101 e. The van der Waals surface area contributed by atoms with Crippen LogP contribution >= 0.6 is 0 Å². The van der Waals surface area contributed by atoms with Gasteiger partial charge in [-0.1, -0.05) is 170 Å². The first-order valence-corrected chi connectivity index (χ1v) is 19.3. The number of fused-ring (bicyclic) bond motifs is 6. The summed E-state index contributed by atoms with van der Waals surface area (Å²) in [7, 11) is 0. The summed E-state index contributed by atoms with van der Waals surface area (Å²) in [6.07, 6.45) is 0. The van der Waals surface area contributed by atoms with Gasteiger partial charge in [-0.3, -0.25) is 0 Å². The Hall–Kier alpha value is -7.69. The summed E-state index contributed by atoms with van der Waals surface area (Å²) in [4.78, 5) is 10.3. The number of hydrogen-bond donors (Lipinski definition) is 0. The van der Waals surface area contributed by atoms with Crippen molar-refractivity contribution in [1.29, 1.82) is 0 Å². The molecule has 3 heterocycles.